The minimum Gasteiger partial charge on any atom is -0.353 e. The summed E-state index contributed by atoms with van der Waals surface area (Å²) in [6.07, 6.45) is 9.86. The lowest BCUT2D eigenvalue weighted by Crippen LogP contribution is -2.38. The monoisotopic (exact) mass is 361 g/mol. The highest BCUT2D eigenvalue weighted by Crippen LogP contribution is 2.39. The van der Waals surface area contributed by atoms with Gasteiger partial charge in [-0.1, -0.05) is 18.7 Å². The number of amides is 1. The second-order valence-electron chi connectivity index (χ2n) is 7.03. The molecule has 0 aromatic carbocycles. The Hall–Kier alpha value is -1.14. The highest BCUT2D eigenvalue weighted by Gasteiger charge is 2.23. The van der Waals surface area contributed by atoms with Gasteiger partial charge in [-0.25, -0.2) is 9.97 Å². The third-order valence-electron chi connectivity index (χ3n) is 5.19. The normalized spacial score (nSPS) is 23.4. The Morgan fingerprint density at radius 1 is 1.29 bits per heavy atom. The fourth-order valence-electron chi connectivity index (χ4n) is 3.82. The van der Waals surface area contributed by atoms with Gasteiger partial charge in [-0.2, -0.15) is 0 Å². The first-order chi connectivity index (χ1) is 11.7. The molecular weight excluding hydrogens is 338 g/mol. The number of thiophene rings is 1. The second kappa shape index (κ2) is 7.00. The quantitative estimate of drug-likeness (QED) is 0.661. The lowest BCUT2D eigenvalue weighted by molar-refractivity contribution is -0.119. The van der Waals surface area contributed by atoms with E-state index in [2.05, 4.69) is 22.2 Å². The van der Waals surface area contributed by atoms with Gasteiger partial charge in [0.25, 0.3) is 0 Å². The van der Waals surface area contributed by atoms with Crippen LogP contribution in [0.2, 0.25) is 0 Å². The van der Waals surface area contributed by atoms with Crippen LogP contribution in [-0.2, 0) is 17.6 Å². The first kappa shape index (κ1) is 16.3. The molecule has 0 unspecified atom stereocenters. The number of nitrogens with one attached hydrogen (secondary N) is 1. The van der Waals surface area contributed by atoms with Crippen molar-refractivity contribution < 1.29 is 4.79 Å². The Balaban J connectivity index is 1.41. The van der Waals surface area contributed by atoms with Crippen molar-refractivity contribution in [3.8, 4) is 0 Å². The van der Waals surface area contributed by atoms with Crippen LogP contribution in [0.3, 0.4) is 0 Å². The highest BCUT2D eigenvalue weighted by atomic mass is 32.2. The molecule has 24 heavy (non-hydrogen) atoms. The number of fused-ring (bicyclic) bond motifs is 3. The number of aromatic nitrogens is 2. The van der Waals surface area contributed by atoms with Crippen LogP contribution < -0.4 is 5.32 Å². The first-order valence-corrected chi connectivity index (χ1v) is 10.7. The minimum absolute atomic E-state index is 0.137. The maximum Gasteiger partial charge on any atom is 0.230 e. The van der Waals surface area contributed by atoms with Crippen molar-refractivity contribution in [2.75, 3.05) is 5.75 Å². The molecule has 1 N–H and O–H groups in total. The summed E-state index contributed by atoms with van der Waals surface area (Å²) in [5.74, 6) is 1.39. The average molecular weight is 362 g/mol. The number of thioether (sulfide) groups is 1. The van der Waals surface area contributed by atoms with E-state index in [-0.39, 0.29) is 5.91 Å². The van der Waals surface area contributed by atoms with Crippen molar-refractivity contribution in [1.29, 1.82) is 0 Å². The van der Waals surface area contributed by atoms with E-state index in [1.807, 2.05) is 0 Å². The molecule has 0 bridgehead atoms. The van der Waals surface area contributed by atoms with E-state index in [0.29, 0.717) is 11.8 Å². The summed E-state index contributed by atoms with van der Waals surface area (Å²) in [5, 5.41) is 5.39. The van der Waals surface area contributed by atoms with Crippen molar-refractivity contribution in [3.63, 3.8) is 0 Å². The van der Waals surface area contributed by atoms with Gasteiger partial charge in [-0.15, -0.1) is 11.3 Å². The van der Waals surface area contributed by atoms with E-state index in [1.54, 1.807) is 29.4 Å². The summed E-state index contributed by atoms with van der Waals surface area (Å²) in [6.45, 7) is 2.30. The van der Waals surface area contributed by atoms with Crippen LogP contribution in [0, 0.1) is 5.92 Å². The molecule has 1 amide bonds. The molecule has 6 heteroatoms. The van der Waals surface area contributed by atoms with Gasteiger partial charge >= 0.3 is 0 Å². The van der Waals surface area contributed by atoms with Crippen molar-refractivity contribution in [2.45, 2.75) is 62.9 Å². The molecule has 2 aliphatic carbocycles. The van der Waals surface area contributed by atoms with E-state index in [9.17, 15) is 4.79 Å². The fraction of sp³-hybridized carbons (Fsp3) is 0.611. The second-order valence-corrected chi connectivity index (χ2v) is 9.08. The average Bonchev–Trinajstić information content (AvgIpc) is 3.16. The molecule has 2 aromatic heterocycles. The molecular formula is C18H23N3OS2. The molecule has 1 saturated carbocycles. The number of hydrogen-bond donors (Lipinski definition) is 1. The number of carbonyl (C=O) groups excluding carboxylic acids is 1. The van der Waals surface area contributed by atoms with Crippen LogP contribution >= 0.6 is 23.1 Å². The molecule has 2 aliphatic rings. The molecule has 2 aromatic rings. The van der Waals surface area contributed by atoms with Crippen LogP contribution in [0.25, 0.3) is 10.2 Å². The van der Waals surface area contributed by atoms with Gasteiger partial charge in [0.05, 0.1) is 5.75 Å². The third kappa shape index (κ3) is 3.31. The third-order valence-corrected chi connectivity index (χ3v) is 7.38. The zero-order chi connectivity index (χ0) is 16.5. The molecule has 0 aliphatic heterocycles. The molecule has 4 nitrogen and oxygen atoms in total. The highest BCUT2D eigenvalue weighted by molar-refractivity contribution is 8.00. The van der Waals surface area contributed by atoms with Gasteiger partial charge in [-0.05, 0) is 56.4 Å². The van der Waals surface area contributed by atoms with E-state index in [4.69, 9.17) is 0 Å². The molecule has 0 radical (unpaired) electrons. The zero-order valence-electron chi connectivity index (χ0n) is 14.0. The van der Waals surface area contributed by atoms with Gasteiger partial charge < -0.3 is 5.32 Å². The molecule has 1 fully saturated rings. The Morgan fingerprint density at radius 2 is 2.12 bits per heavy atom. The van der Waals surface area contributed by atoms with Crippen molar-refractivity contribution in [2.24, 2.45) is 5.92 Å². The smallest absolute Gasteiger partial charge is 0.230 e. The van der Waals surface area contributed by atoms with Crippen molar-refractivity contribution in [3.05, 3.63) is 16.8 Å². The van der Waals surface area contributed by atoms with Gasteiger partial charge in [0.1, 0.15) is 16.2 Å². The fourth-order valence-corrected chi connectivity index (χ4v) is 5.95. The van der Waals surface area contributed by atoms with Gasteiger partial charge in [-0.3, -0.25) is 4.79 Å². The molecule has 4 rings (SSSR count). The van der Waals surface area contributed by atoms with Gasteiger partial charge in [0, 0.05) is 16.3 Å². The number of carbonyl (C=O) groups is 1. The predicted octanol–water partition coefficient (Wildman–Crippen LogP) is 3.97. The van der Waals surface area contributed by atoms with Gasteiger partial charge in [0.15, 0.2) is 0 Å². The number of aryl methyl sites for hydroxylation is 2. The Bertz CT molecular complexity index is 750. The topological polar surface area (TPSA) is 54.9 Å². The van der Waals surface area contributed by atoms with Crippen LogP contribution in [0.1, 0.15) is 49.5 Å². The molecule has 128 valence electrons. The molecule has 0 atom stereocenters. The largest absolute Gasteiger partial charge is 0.353 e. The summed E-state index contributed by atoms with van der Waals surface area (Å²) in [5.41, 5.74) is 1.43. The Labute approximate surface area is 150 Å². The molecule has 0 spiro atoms. The lowest BCUT2D eigenvalue weighted by Gasteiger charge is -2.26. The van der Waals surface area contributed by atoms with Crippen LogP contribution in [0.5, 0.6) is 0 Å². The van der Waals surface area contributed by atoms with E-state index in [0.717, 1.165) is 35.0 Å². The summed E-state index contributed by atoms with van der Waals surface area (Å²) in [7, 11) is 0. The van der Waals surface area contributed by atoms with E-state index >= 15 is 0 Å². The van der Waals surface area contributed by atoms with Crippen LogP contribution in [-0.4, -0.2) is 27.7 Å². The number of hydrogen-bond acceptors (Lipinski definition) is 5. The van der Waals surface area contributed by atoms with Crippen molar-refractivity contribution >= 4 is 39.2 Å². The van der Waals surface area contributed by atoms with Crippen molar-refractivity contribution in [1.82, 2.24) is 15.3 Å². The van der Waals surface area contributed by atoms with Crippen LogP contribution in [0.15, 0.2) is 11.4 Å². The summed E-state index contributed by atoms with van der Waals surface area (Å²) < 4.78 is 0. The number of nitrogens with zero attached hydrogens (tertiary/aromatic N) is 2. The molecule has 0 saturated heterocycles. The Kier molecular flexibility index (Phi) is 4.77. The Morgan fingerprint density at radius 3 is 2.96 bits per heavy atom. The minimum atomic E-state index is 0.137. The lowest BCUT2D eigenvalue weighted by atomic mass is 9.87. The van der Waals surface area contributed by atoms with E-state index < -0.39 is 0 Å². The summed E-state index contributed by atoms with van der Waals surface area (Å²) >= 11 is 3.36. The number of rotatable bonds is 4. The van der Waals surface area contributed by atoms with E-state index in [1.165, 1.54) is 41.5 Å². The standard InChI is InChI=1S/C18H23N3OS2/c1-11-5-7-12(8-6-11)21-15(22)9-23-17-16-13-3-2-4-14(13)24-18(16)20-10-19-17/h10-12H,2-9H2,1H3,(H,21,22). The van der Waals surface area contributed by atoms with Crippen LogP contribution in [0.4, 0.5) is 0 Å². The predicted molar refractivity (Wildman–Crippen MR) is 99.7 cm³/mol. The van der Waals surface area contributed by atoms with Gasteiger partial charge in [0.2, 0.25) is 5.91 Å². The zero-order valence-corrected chi connectivity index (χ0v) is 15.6. The maximum absolute atomic E-state index is 12.3. The summed E-state index contributed by atoms with van der Waals surface area (Å²) in [6, 6.07) is 0.366. The first-order valence-electron chi connectivity index (χ1n) is 8.88. The summed E-state index contributed by atoms with van der Waals surface area (Å²) in [4.78, 5) is 23.7. The maximum atomic E-state index is 12.3. The molecule has 2 heterocycles. The SMILES string of the molecule is CC1CCC(NC(=O)CSc2ncnc3sc4c(c23)CCC4)CC1.